The van der Waals surface area contributed by atoms with E-state index in [4.69, 9.17) is 4.74 Å². The Bertz CT molecular complexity index is 1150. The van der Waals surface area contributed by atoms with Crippen LogP contribution in [0.4, 0.5) is 8.78 Å². The number of alkyl halides is 2. The van der Waals surface area contributed by atoms with E-state index in [-0.39, 0.29) is 6.42 Å². The fourth-order valence-electron chi connectivity index (χ4n) is 4.61. The van der Waals surface area contributed by atoms with Gasteiger partial charge >= 0.3 is 5.97 Å². The average Bonchev–Trinajstić information content (AvgIpc) is 2.97. The summed E-state index contributed by atoms with van der Waals surface area (Å²) in [4.78, 5) is 21.4. The molecule has 0 aliphatic rings. The summed E-state index contributed by atoms with van der Waals surface area (Å²) in [6.07, 6.45) is 13.0. The third-order valence-electron chi connectivity index (χ3n) is 7.30. The van der Waals surface area contributed by atoms with Crippen LogP contribution in [0.25, 0.3) is 22.5 Å². The molecule has 3 aromatic rings. The normalized spacial score (nSPS) is 13.5. The van der Waals surface area contributed by atoms with Gasteiger partial charge in [0.05, 0.1) is 0 Å². The van der Waals surface area contributed by atoms with Crippen molar-refractivity contribution in [3.05, 3.63) is 66.5 Å². The van der Waals surface area contributed by atoms with E-state index in [2.05, 4.69) is 23.8 Å². The molecule has 0 N–H and O–H groups in total. The number of hydrogen-bond acceptors (Lipinski definition) is 4. The summed E-state index contributed by atoms with van der Waals surface area (Å²) < 4.78 is 34.2. The number of unbranched alkanes of at least 4 members (excludes halogenated alkanes) is 6. The summed E-state index contributed by atoms with van der Waals surface area (Å²) in [5.74, 6) is 0.0657. The molecule has 0 bridgehead atoms. The second kappa shape index (κ2) is 16.2. The first-order valence-electron chi connectivity index (χ1n) is 14.9. The minimum atomic E-state index is -2.00. The lowest BCUT2D eigenvalue weighted by molar-refractivity contribution is -0.147. The van der Waals surface area contributed by atoms with Crippen molar-refractivity contribution in [2.24, 2.45) is 0 Å². The lowest BCUT2D eigenvalue weighted by Crippen LogP contribution is -2.34. The predicted octanol–water partition coefficient (Wildman–Crippen LogP) is 9.66. The summed E-state index contributed by atoms with van der Waals surface area (Å²) in [5.41, 5.74) is 1.68. The Morgan fingerprint density at radius 1 is 0.800 bits per heavy atom. The monoisotopic (exact) mass is 550 g/mol. The topological polar surface area (TPSA) is 52.1 Å². The van der Waals surface area contributed by atoms with Crippen molar-refractivity contribution in [1.82, 2.24) is 9.97 Å². The molecule has 1 heterocycles. The zero-order chi connectivity index (χ0) is 28.8. The molecule has 0 aliphatic carbocycles. The van der Waals surface area contributed by atoms with Crippen molar-refractivity contribution < 1.29 is 18.3 Å². The third-order valence-corrected chi connectivity index (χ3v) is 7.30. The smallest absolute Gasteiger partial charge is 0.348 e. The predicted molar refractivity (Wildman–Crippen MR) is 159 cm³/mol. The molecule has 0 radical (unpaired) electrons. The minimum Gasteiger partial charge on any atom is -0.424 e. The average molecular weight is 551 g/mol. The van der Waals surface area contributed by atoms with Gasteiger partial charge in [-0.05, 0) is 62.3 Å². The molecule has 4 nitrogen and oxygen atoms in total. The van der Waals surface area contributed by atoms with E-state index in [0.29, 0.717) is 30.8 Å². The van der Waals surface area contributed by atoms with Crippen LogP contribution < -0.4 is 4.74 Å². The van der Waals surface area contributed by atoms with Crippen molar-refractivity contribution >= 4 is 5.97 Å². The first-order valence-corrected chi connectivity index (χ1v) is 14.9. The standard InChI is InChI=1S/C34H44F2N2O2/c1-4-6-8-9-10-11-23-34(3,36)33(39)40-31-21-18-27(19-22-31)29-24-37-32(38-25-29)28-16-13-26(14-17-28)15-20-30(35)12-7-5-2/h13-14,16-19,21-22,24-25,30H,4-12,15,20,23H2,1-3H3/t30-,34-/m0/s1. The Morgan fingerprint density at radius 2 is 1.40 bits per heavy atom. The number of rotatable bonds is 17. The van der Waals surface area contributed by atoms with Crippen LogP contribution in [0.3, 0.4) is 0 Å². The number of aryl methyl sites for hydroxylation is 1. The maximum atomic E-state index is 14.9. The van der Waals surface area contributed by atoms with Crippen molar-refractivity contribution in [2.75, 3.05) is 0 Å². The summed E-state index contributed by atoms with van der Waals surface area (Å²) in [5, 5.41) is 0. The number of aromatic nitrogens is 2. The fraction of sp³-hybridized carbons (Fsp3) is 0.500. The summed E-state index contributed by atoms with van der Waals surface area (Å²) >= 11 is 0. The highest BCUT2D eigenvalue weighted by Crippen LogP contribution is 2.27. The zero-order valence-electron chi connectivity index (χ0n) is 24.3. The first-order chi connectivity index (χ1) is 19.3. The highest BCUT2D eigenvalue weighted by atomic mass is 19.1. The van der Waals surface area contributed by atoms with Crippen LogP contribution in [0.1, 0.15) is 97.0 Å². The number of hydrogen-bond donors (Lipinski definition) is 0. The van der Waals surface area contributed by atoms with E-state index >= 15 is 0 Å². The maximum absolute atomic E-state index is 14.9. The van der Waals surface area contributed by atoms with Gasteiger partial charge in [-0.2, -0.15) is 0 Å². The number of ether oxygens (including phenoxy) is 1. The van der Waals surface area contributed by atoms with Crippen molar-refractivity contribution in [3.8, 4) is 28.3 Å². The molecule has 0 amide bonds. The SMILES string of the molecule is CCCCCCCC[C@](C)(F)C(=O)Oc1ccc(-c2cnc(-c3ccc(CC[C@@H](F)CCCC)cc3)nc2)cc1. The van der Waals surface area contributed by atoms with Gasteiger partial charge in [-0.25, -0.2) is 23.5 Å². The lowest BCUT2D eigenvalue weighted by Gasteiger charge is -2.18. The van der Waals surface area contributed by atoms with Gasteiger partial charge in [0.1, 0.15) is 11.9 Å². The van der Waals surface area contributed by atoms with Crippen LogP contribution >= 0.6 is 0 Å². The molecule has 2 aromatic carbocycles. The van der Waals surface area contributed by atoms with Crippen LogP contribution in [0.2, 0.25) is 0 Å². The van der Waals surface area contributed by atoms with Crippen LogP contribution in [0, 0.1) is 0 Å². The molecule has 2 atom stereocenters. The molecule has 0 unspecified atom stereocenters. The van der Waals surface area contributed by atoms with E-state index in [1.54, 1.807) is 36.7 Å². The van der Waals surface area contributed by atoms with Crippen molar-refractivity contribution in [1.29, 1.82) is 0 Å². The summed E-state index contributed by atoms with van der Waals surface area (Å²) in [6, 6.07) is 14.9. The van der Waals surface area contributed by atoms with Gasteiger partial charge in [-0.3, -0.25) is 0 Å². The van der Waals surface area contributed by atoms with Crippen LogP contribution in [0.15, 0.2) is 60.9 Å². The maximum Gasteiger partial charge on any atom is 0.348 e. The molecular formula is C34H44F2N2O2. The van der Waals surface area contributed by atoms with Gasteiger partial charge in [0.15, 0.2) is 5.82 Å². The highest BCUT2D eigenvalue weighted by molar-refractivity contribution is 5.81. The highest BCUT2D eigenvalue weighted by Gasteiger charge is 2.34. The van der Waals surface area contributed by atoms with Gasteiger partial charge in [0.25, 0.3) is 0 Å². The lowest BCUT2D eigenvalue weighted by atomic mass is 9.99. The Hall–Kier alpha value is -3.15. The molecule has 216 valence electrons. The minimum absolute atomic E-state index is 0.166. The number of benzene rings is 2. The Morgan fingerprint density at radius 3 is 2.05 bits per heavy atom. The second-order valence-electron chi connectivity index (χ2n) is 10.9. The van der Waals surface area contributed by atoms with Crippen LogP contribution in [-0.2, 0) is 11.2 Å². The third kappa shape index (κ3) is 10.1. The quantitative estimate of drug-likeness (QED) is 0.0954. The molecule has 6 heteroatoms. The van der Waals surface area contributed by atoms with Gasteiger partial charge < -0.3 is 4.74 Å². The molecular weight excluding hydrogens is 506 g/mol. The molecule has 0 saturated heterocycles. The fourth-order valence-corrected chi connectivity index (χ4v) is 4.61. The second-order valence-corrected chi connectivity index (χ2v) is 10.9. The van der Waals surface area contributed by atoms with E-state index in [1.165, 1.54) is 19.8 Å². The Kier molecular flexibility index (Phi) is 12.7. The number of carbonyl (C=O) groups is 1. The molecule has 40 heavy (non-hydrogen) atoms. The van der Waals surface area contributed by atoms with Crippen molar-refractivity contribution in [2.45, 2.75) is 110 Å². The molecule has 0 fully saturated rings. The van der Waals surface area contributed by atoms with Gasteiger partial charge in [-0.15, -0.1) is 0 Å². The molecule has 1 aromatic heterocycles. The van der Waals surface area contributed by atoms with E-state index in [9.17, 15) is 13.6 Å². The van der Waals surface area contributed by atoms with E-state index < -0.39 is 17.8 Å². The van der Waals surface area contributed by atoms with Crippen molar-refractivity contribution in [3.63, 3.8) is 0 Å². The van der Waals surface area contributed by atoms with Gasteiger partial charge in [0.2, 0.25) is 5.67 Å². The Balaban J connectivity index is 1.51. The van der Waals surface area contributed by atoms with Crippen LogP contribution in [-0.4, -0.2) is 27.8 Å². The molecule has 0 spiro atoms. The van der Waals surface area contributed by atoms with Gasteiger partial charge in [0, 0.05) is 23.5 Å². The largest absolute Gasteiger partial charge is 0.424 e. The number of esters is 1. The Labute approximate surface area is 238 Å². The van der Waals surface area contributed by atoms with E-state index in [1.807, 2.05) is 24.3 Å². The zero-order valence-corrected chi connectivity index (χ0v) is 24.3. The summed E-state index contributed by atoms with van der Waals surface area (Å²) in [6.45, 7) is 5.54. The molecule has 0 saturated carbocycles. The number of nitrogens with zero attached hydrogens (tertiary/aromatic N) is 2. The van der Waals surface area contributed by atoms with Crippen LogP contribution in [0.5, 0.6) is 5.75 Å². The summed E-state index contributed by atoms with van der Waals surface area (Å²) in [7, 11) is 0. The van der Waals surface area contributed by atoms with E-state index in [0.717, 1.165) is 60.8 Å². The number of carbonyl (C=O) groups excluding carboxylic acids is 1. The molecule has 3 rings (SSSR count). The molecule has 0 aliphatic heterocycles. The first kappa shape index (κ1) is 31.4. The van der Waals surface area contributed by atoms with Gasteiger partial charge in [-0.1, -0.05) is 95.2 Å². The number of halogens is 2.